The summed E-state index contributed by atoms with van der Waals surface area (Å²) in [6, 6.07) is 7.86. The van der Waals surface area contributed by atoms with Crippen molar-refractivity contribution in [1.82, 2.24) is 15.0 Å². The molecule has 0 fully saturated rings. The molecule has 5 nitrogen and oxygen atoms in total. The summed E-state index contributed by atoms with van der Waals surface area (Å²) >= 11 is 6.08. The maximum Gasteiger partial charge on any atom is 0.294 e. The number of benzene rings is 1. The van der Waals surface area contributed by atoms with E-state index >= 15 is 0 Å². The molecule has 0 spiro atoms. The number of nitrogens with one attached hydrogen (secondary N) is 2. The van der Waals surface area contributed by atoms with Crippen molar-refractivity contribution < 1.29 is 4.57 Å². The minimum Gasteiger partial charge on any atom is -0.355 e. The number of hydrogen-bond donors (Lipinski definition) is 2. The fourth-order valence-electron chi connectivity index (χ4n) is 2.52. The van der Waals surface area contributed by atoms with E-state index in [0.717, 1.165) is 39.9 Å². The van der Waals surface area contributed by atoms with Crippen LogP contribution < -0.4 is 9.88 Å². The zero-order valence-electron chi connectivity index (χ0n) is 13.6. The number of nitrogens with zero attached hydrogens (tertiary/aromatic N) is 3. The number of hydrogen-bond acceptors (Lipinski definition) is 3. The van der Waals surface area contributed by atoms with Gasteiger partial charge in [-0.3, -0.25) is 0 Å². The van der Waals surface area contributed by atoms with Crippen molar-refractivity contribution in [1.29, 1.82) is 0 Å². The molecular formula is C17H21ClN5+. The average Bonchev–Trinajstić information content (AvgIpc) is 2.96. The number of aromatic nitrogens is 4. The fourth-order valence-corrected chi connectivity index (χ4v) is 2.74. The van der Waals surface area contributed by atoms with Crippen LogP contribution in [0.5, 0.6) is 0 Å². The lowest BCUT2D eigenvalue weighted by Crippen LogP contribution is -2.36. The molecule has 6 heteroatoms. The van der Waals surface area contributed by atoms with Crippen LogP contribution in [0.1, 0.15) is 38.1 Å². The Morgan fingerprint density at radius 1 is 1.35 bits per heavy atom. The highest BCUT2D eigenvalue weighted by Crippen LogP contribution is 2.20. The Bertz CT molecular complexity index is 825. The molecule has 23 heavy (non-hydrogen) atoms. The van der Waals surface area contributed by atoms with Crippen LogP contribution in [0.3, 0.4) is 0 Å². The van der Waals surface area contributed by atoms with Crippen LogP contribution in [0.2, 0.25) is 5.02 Å². The Labute approximate surface area is 140 Å². The van der Waals surface area contributed by atoms with Crippen LogP contribution in [0.15, 0.2) is 30.6 Å². The zero-order chi connectivity index (χ0) is 16.4. The Hall–Kier alpha value is -2.14. The summed E-state index contributed by atoms with van der Waals surface area (Å²) in [5.41, 5.74) is 2.97. The number of anilines is 1. The van der Waals surface area contributed by atoms with Crippen molar-refractivity contribution in [3.63, 3.8) is 0 Å². The average molecular weight is 331 g/mol. The Kier molecular flexibility index (Phi) is 4.48. The second-order valence-electron chi connectivity index (χ2n) is 5.86. The van der Waals surface area contributed by atoms with Gasteiger partial charge in [-0.2, -0.15) is 0 Å². The van der Waals surface area contributed by atoms with Crippen LogP contribution in [-0.2, 0) is 6.54 Å². The molecule has 0 unspecified atom stereocenters. The summed E-state index contributed by atoms with van der Waals surface area (Å²) in [4.78, 5) is 12.7. The van der Waals surface area contributed by atoms with Crippen molar-refractivity contribution in [2.45, 2.75) is 33.2 Å². The molecule has 2 heterocycles. The predicted octanol–water partition coefficient (Wildman–Crippen LogP) is 3.50. The standard InChI is InChI=1S/C17H20ClN5/c1-4-19-16-14-17(22-15(21-14)11(2)3)23(10-20-16)9-12-6-5-7-13(18)8-12/h5-8,10-11H,4,9H2,1-3H3,(H,19,21,22)/p+1. The molecule has 0 aliphatic carbocycles. The lowest BCUT2D eigenvalue weighted by atomic mass is 10.2. The summed E-state index contributed by atoms with van der Waals surface area (Å²) in [6.07, 6.45) is 1.83. The molecule has 3 rings (SSSR count). The van der Waals surface area contributed by atoms with Gasteiger partial charge in [0.1, 0.15) is 0 Å². The van der Waals surface area contributed by atoms with Crippen molar-refractivity contribution in [2.24, 2.45) is 0 Å². The number of halogens is 1. The van der Waals surface area contributed by atoms with E-state index in [0.29, 0.717) is 12.5 Å². The predicted molar refractivity (Wildman–Crippen MR) is 92.9 cm³/mol. The molecule has 3 aromatic rings. The van der Waals surface area contributed by atoms with Crippen molar-refractivity contribution in [2.75, 3.05) is 11.9 Å². The number of H-pyrrole nitrogens is 1. The van der Waals surface area contributed by atoms with Gasteiger partial charge in [-0.15, -0.1) is 0 Å². The van der Waals surface area contributed by atoms with E-state index in [4.69, 9.17) is 16.6 Å². The summed E-state index contributed by atoms with van der Waals surface area (Å²) in [6.45, 7) is 7.80. The largest absolute Gasteiger partial charge is 0.355 e. The second kappa shape index (κ2) is 6.54. The Balaban J connectivity index is 2.08. The van der Waals surface area contributed by atoms with Gasteiger partial charge in [0, 0.05) is 17.5 Å². The molecule has 0 saturated heterocycles. The molecule has 0 aliphatic rings. The van der Waals surface area contributed by atoms with Crippen LogP contribution in [0, 0.1) is 0 Å². The molecule has 0 amide bonds. The Morgan fingerprint density at radius 3 is 2.87 bits per heavy atom. The van der Waals surface area contributed by atoms with Crippen LogP contribution in [-0.4, -0.2) is 21.5 Å². The highest BCUT2D eigenvalue weighted by molar-refractivity contribution is 6.30. The molecule has 0 aliphatic heterocycles. The summed E-state index contributed by atoms with van der Waals surface area (Å²) < 4.78 is 2.05. The van der Waals surface area contributed by atoms with E-state index in [1.165, 1.54) is 0 Å². The van der Waals surface area contributed by atoms with Gasteiger partial charge in [-0.1, -0.05) is 47.5 Å². The first-order valence-corrected chi connectivity index (χ1v) is 8.22. The lowest BCUT2D eigenvalue weighted by molar-refractivity contribution is -0.667. The van der Waals surface area contributed by atoms with Crippen LogP contribution >= 0.6 is 11.6 Å². The smallest absolute Gasteiger partial charge is 0.294 e. The van der Waals surface area contributed by atoms with E-state index in [-0.39, 0.29) is 0 Å². The molecule has 2 N–H and O–H groups in total. The molecule has 0 bridgehead atoms. The summed E-state index contributed by atoms with van der Waals surface area (Å²) in [5, 5.41) is 4.02. The van der Waals surface area contributed by atoms with Gasteiger partial charge in [0.15, 0.2) is 11.3 Å². The third-order valence-electron chi connectivity index (χ3n) is 3.67. The van der Waals surface area contributed by atoms with Gasteiger partial charge in [-0.05, 0) is 24.6 Å². The number of aromatic amines is 1. The maximum absolute atomic E-state index is 6.08. The molecule has 120 valence electrons. The van der Waals surface area contributed by atoms with E-state index in [1.807, 2.05) is 29.1 Å². The minimum absolute atomic E-state index is 0.330. The van der Waals surface area contributed by atoms with Gasteiger partial charge in [0.05, 0.1) is 6.54 Å². The quantitative estimate of drug-likeness (QED) is 0.704. The monoisotopic (exact) mass is 330 g/mol. The number of fused-ring (bicyclic) bond motifs is 1. The first-order valence-electron chi connectivity index (χ1n) is 7.84. The normalized spacial score (nSPS) is 11.3. The van der Waals surface area contributed by atoms with Crippen molar-refractivity contribution >= 4 is 28.6 Å². The lowest BCUT2D eigenvalue weighted by Gasteiger charge is -2.04. The Morgan fingerprint density at radius 2 is 2.17 bits per heavy atom. The van der Waals surface area contributed by atoms with E-state index in [1.54, 1.807) is 0 Å². The van der Waals surface area contributed by atoms with Gasteiger partial charge in [0.25, 0.3) is 5.65 Å². The van der Waals surface area contributed by atoms with Gasteiger partial charge >= 0.3 is 0 Å². The molecular weight excluding hydrogens is 310 g/mol. The zero-order valence-corrected chi connectivity index (χ0v) is 14.4. The minimum atomic E-state index is 0.330. The van der Waals surface area contributed by atoms with Gasteiger partial charge < -0.3 is 10.3 Å². The van der Waals surface area contributed by atoms with E-state index < -0.39 is 0 Å². The highest BCUT2D eigenvalue weighted by atomic mass is 35.5. The summed E-state index contributed by atoms with van der Waals surface area (Å²) in [7, 11) is 0. The molecule has 0 radical (unpaired) electrons. The topological polar surface area (TPSA) is 57.5 Å². The summed E-state index contributed by atoms with van der Waals surface area (Å²) in [5.74, 6) is 2.13. The molecule has 1 aromatic carbocycles. The first kappa shape index (κ1) is 15.7. The van der Waals surface area contributed by atoms with E-state index in [9.17, 15) is 0 Å². The van der Waals surface area contributed by atoms with Crippen molar-refractivity contribution in [3.8, 4) is 0 Å². The fraction of sp³-hybridized carbons (Fsp3) is 0.353. The SMILES string of the molecule is CCNc1nc[n+](Cc2cccc(Cl)c2)c2nc(C(C)C)[nH]c12. The first-order chi connectivity index (χ1) is 11.1. The molecule has 2 aromatic heterocycles. The second-order valence-corrected chi connectivity index (χ2v) is 6.29. The highest BCUT2D eigenvalue weighted by Gasteiger charge is 2.21. The van der Waals surface area contributed by atoms with Crippen LogP contribution in [0.4, 0.5) is 5.82 Å². The molecule has 0 atom stereocenters. The van der Waals surface area contributed by atoms with E-state index in [2.05, 4.69) is 42.1 Å². The third kappa shape index (κ3) is 3.29. The maximum atomic E-state index is 6.08. The van der Waals surface area contributed by atoms with Crippen LogP contribution in [0.25, 0.3) is 11.2 Å². The number of rotatable bonds is 5. The van der Waals surface area contributed by atoms with Crippen molar-refractivity contribution in [3.05, 3.63) is 47.0 Å². The van der Waals surface area contributed by atoms with Gasteiger partial charge in [0.2, 0.25) is 12.1 Å². The van der Waals surface area contributed by atoms with Gasteiger partial charge in [-0.25, -0.2) is 4.57 Å². The molecule has 0 saturated carbocycles. The number of imidazole rings is 1. The third-order valence-corrected chi connectivity index (χ3v) is 3.91.